The van der Waals surface area contributed by atoms with Crippen molar-refractivity contribution in [1.29, 1.82) is 0 Å². The standard InChI is InChI=1S/C13H16O4/c1-16-11-7-6-9(13(14)15)8-12(11)17-10-4-2-3-5-10/h6-8,10H,2-5H2,1H3,(H,14,15)/p-1. The van der Waals surface area contributed by atoms with Gasteiger partial charge in [0, 0.05) is 5.56 Å². The van der Waals surface area contributed by atoms with Crippen LogP contribution >= 0.6 is 0 Å². The van der Waals surface area contributed by atoms with E-state index in [0.29, 0.717) is 11.5 Å². The second-order valence-electron chi connectivity index (χ2n) is 4.18. The van der Waals surface area contributed by atoms with Crippen molar-refractivity contribution < 1.29 is 19.4 Å². The molecule has 0 heterocycles. The fraction of sp³-hybridized carbons (Fsp3) is 0.462. The van der Waals surface area contributed by atoms with E-state index in [2.05, 4.69) is 0 Å². The van der Waals surface area contributed by atoms with Gasteiger partial charge in [0.25, 0.3) is 0 Å². The quantitative estimate of drug-likeness (QED) is 0.791. The molecule has 0 spiro atoms. The van der Waals surface area contributed by atoms with Crippen LogP contribution in [0.1, 0.15) is 36.0 Å². The fourth-order valence-corrected chi connectivity index (χ4v) is 2.08. The van der Waals surface area contributed by atoms with Crippen LogP contribution < -0.4 is 14.6 Å². The van der Waals surface area contributed by atoms with Crippen molar-refractivity contribution in [3.05, 3.63) is 23.8 Å². The van der Waals surface area contributed by atoms with Gasteiger partial charge in [0.15, 0.2) is 11.5 Å². The molecule has 2 rings (SSSR count). The molecule has 4 heteroatoms. The Balaban J connectivity index is 2.21. The topological polar surface area (TPSA) is 58.6 Å². The van der Waals surface area contributed by atoms with Gasteiger partial charge in [0.05, 0.1) is 19.2 Å². The molecule has 0 aliphatic heterocycles. The Hall–Kier alpha value is -1.71. The average Bonchev–Trinajstić information content (AvgIpc) is 2.81. The van der Waals surface area contributed by atoms with E-state index in [1.54, 1.807) is 6.07 Å². The zero-order chi connectivity index (χ0) is 12.3. The van der Waals surface area contributed by atoms with Crippen LogP contribution in [0.5, 0.6) is 11.5 Å². The lowest BCUT2D eigenvalue weighted by Crippen LogP contribution is -2.22. The second kappa shape index (κ2) is 5.08. The molecule has 0 N–H and O–H groups in total. The molecule has 1 aromatic carbocycles. The van der Waals surface area contributed by atoms with Gasteiger partial charge in [-0.3, -0.25) is 0 Å². The first kappa shape index (κ1) is 11.8. The summed E-state index contributed by atoms with van der Waals surface area (Å²) in [6, 6.07) is 4.51. The van der Waals surface area contributed by atoms with Crippen LogP contribution in [0, 0.1) is 0 Å². The summed E-state index contributed by atoms with van der Waals surface area (Å²) in [6.07, 6.45) is 4.51. The van der Waals surface area contributed by atoms with Crippen LogP contribution in [0.2, 0.25) is 0 Å². The first-order valence-electron chi connectivity index (χ1n) is 5.76. The molecule has 17 heavy (non-hydrogen) atoms. The molecule has 0 bridgehead atoms. The van der Waals surface area contributed by atoms with Crippen LogP contribution in [-0.2, 0) is 0 Å². The van der Waals surface area contributed by atoms with Gasteiger partial charge in [-0.05, 0) is 43.9 Å². The lowest BCUT2D eigenvalue weighted by Gasteiger charge is -2.17. The lowest BCUT2D eigenvalue weighted by molar-refractivity contribution is -0.255. The van der Waals surface area contributed by atoms with Crippen molar-refractivity contribution in [2.24, 2.45) is 0 Å². The first-order valence-corrected chi connectivity index (χ1v) is 5.76. The largest absolute Gasteiger partial charge is 0.545 e. The number of aromatic carboxylic acids is 1. The summed E-state index contributed by atoms with van der Waals surface area (Å²) >= 11 is 0. The minimum atomic E-state index is -1.20. The number of ether oxygens (including phenoxy) is 2. The van der Waals surface area contributed by atoms with Gasteiger partial charge >= 0.3 is 0 Å². The number of carbonyl (C=O) groups is 1. The van der Waals surface area contributed by atoms with Gasteiger partial charge in [-0.15, -0.1) is 0 Å². The zero-order valence-electron chi connectivity index (χ0n) is 9.77. The summed E-state index contributed by atoms with van der Waals surface area (Å²) in [4.78, 5) is 10.8. The van der Waals surface area contributed by atoms with Gasteiger partial charge < -0.3 is 19.4 Å². The van der Waals surface area contributed by atoms with E-state index in [0.717, 1.165) is 25.7 Å². The predicted molar refractivity (Wildman–Crippen MR) is 60.2 cm³/mol. The highest BCUT2D eigenvalue weighted by Crippen LogP contribution is 2.32. The maximum Gasteiger partial charge on any atom is 0.162 e. The third kappa shape index (κ3) is 2.70. The van der Waals surface area contributed by atoms with E-state index in [-0.39, 0.29) is 11.7 Å². The minimum absolute atomic E-state index is 0.110. The Bertz CT molecular complexity index is 408. The molecule has 0 radical (unpaired) electrons. The van der Waals surface area contributed by atoms with Crippen molar-refractivity contribution in [2.45, 2.75) is 31.8 Å². The molecule has 1 saturated carbocycles. The van der Waals surface area contributed by atoms with Crippen molar-refractivity contribution in [1.82, 2.24) is 0 Å². The number of carboxylic acid groups (broad SMARTS) is 1. The smallest absolute Gasteiger partial charge is 0.162 e. The number of rotatable bonds is 4. The monoisotopic (exact) mass is 235 g/mol. The number of hydrogen-bond acceptors (Lipinski definition) is 4. The Morgan fingerprint density at radius 1 is 1.29 bits per heavy atom. The lowest BCUT2D eigenvalue weighted by atomic mass is 10.2. The van der Waals surface area contributed by atoms with Crippen LogP contribution in [0.25, 0.3) is 0 Å². The molecule has 0 aromatic heterocycles. The fourth-order valence-electron chi connectivity index (χ4n) is 2.08. The second-order valence-corrected chi connectivity index (χ2v) is 4.18. The average molecular weight is 235 g/mol. The molecule has 1 fully saturated rings. The molecule has 1 aliphatic carbocycles. The number of benzene rings is 1. The normalized spacial score (nSPS) is 15.8. The summed E-state index contributed by atoms with van der Waals surface area (Å²) in [5.74, 6) is -0.160. The van der Waals surface area contributed by atoms with Gasteiger partial charge in [-0.25, -0.2) is 0 Å². The van der Waals surface area contributed by atoms with Crippen molar-refractivity contribution in [3.8, 4) is 11.5 Å². The van der Waals surface area contributed by atoms with Crippen LogP contribution in [0.4, 0.5) is 0 Å². The molecule has 0 amide bonds. The zero-order valence-corrected chi connectivity index (χ0v) is 9.77. The van der Waals surface area contributed by atoms with Gasteiger partial charge in [0.1, 0.15) is 0 Å². The van der Waals surface area contributed by atoms with E-state index in [4.69, 9.17) is 9.47 Å². The van der Waals surface area contributed by atoms with Crippen molar-refractivity contribution >= 4 is 5.97 Å². The third-order valence-corrected chi connectivity index (χ3v) is 3.00. The SMILES string of the molecule is COc1ccc(C(=O)[O-])cc1OC1CCCC1. The van der Waals surface area contributed by atoms with Gasteiger partial charge in [-0.2, -0.15) is 0 Å². The van der Waals surface area contributed by atoms with Crippen LogP contribution in [0.15, 0.2) is 18.2 Å². The molecule has 4 nitrogen and oxygen atoms in total. The Labute approximate surface area is 100 Å². The van der Waals surface area contributed by atoms with Crippen LogP contribution in [0.3, 0.4) is 0 Å². The van der Waals surface area contributed by atoms with E-state index in [9.17, 15) is 9.90 Å². The van der Waals surface area contributed by atoms with E-state index < -0.39 is 5.97 Å². The minimum Gasteiger partial charge on any atom is -0.545 e. The van der Waals surface area contributed by atoms with E-state index in [1.807, 2.05) is 0 Å². The molecule has 0 atom stereocenters. The summed E-state index contributed by atoms with van der Waals surface area (Å²) in [6.45, 7) is 0. The molecule has 1 aromatic rings. The van der Waals surface area contributed by atoms with E-state index >= 15 is 0 Å². The molecule has 0 saturated heterocycles. The van der Waals surface area contributed by atoms with Crippen LogP contribution in [-0.4, -0.2) is 19.2 Å². The maximum absolute atomic E-state index is 10.8. The van der Waals surface area contributed by atoms with E-state index in [1.165, 1.54) is 19.2 Å². The highest BCUT2D eigenvalue weighted by molar-refractivity contribution is 5.86. The molecular weight excluding hydrogens is 220 g/mol. The number of carboxylic acids is 1. The van der Waals surface area contributed by atoms with Gasteiger partial charge in [-0.1, -0.05) is 0 Å². The molecular formula is C13H15O4-. The van der Waals surface area contributed by atoms with Crippen molar-refractivity contribution in [2.75, 3.05) is 7.11 Å². The highest BCUT2D eigenvalue weighted by atomic mass is 16.5. The Morgan fingerprint density at radius 2 is 2.00 bits per heavy atom. The highest BCUT2D eigenvalue weighted by Gasteiger charge is 2.18. The number of carbonyl (C=O) groups excluding carboxylic acids is 1. The Morgan fingerprint density at radius 3 is 2.59 bits per heavy atom. The van der Waals surface area contributed by atoms with Crippen molar-refractivity contribution in [3.63, 3.8) is 0 Å². The third-order valence-electron chi connectivity index (χ3n) is 3.00. The molecule has 1 aliphatic rings. The Kier molecular flexibility index (Phi) is 3.52. The summed E-state index contributed by atoms with van der Waals surface area (Å²) in [5, 5.41) is 10.8. The summed E-state index contributed by atoms with van der Waals surface area (Å²) < 4.78 is 10.9. The first-order chi connectivity index (χ1) is 8.20. The summed E-state index contributed by atoms with van der Waals surface area (Å²) in [7, 11) is 1.54. The predicted octanol–water partition coefficient (Wildman–Crippen LogP) is 1.38. The maximum atomic E-state index is 10.8. The number of hydrogen-bond donors (Lipinski definition) is 0. The summed E-state index contributed by atoms with van der Waals surface area (Å²) in [5.41, 5.74) is 0.110. The molecule has 0 unspecified atom stereocenters. The molecule has 92 valence electrons. The van der Waals surface area contributed by atoms with Gasteiger partial charge in [0.2, 0.25) is 0 Å². The number of methoxy groups -OCH3 is 1.